The monoisotopic (exact) mass is 583 g/mol. The van der Waals surface area contributed by atoms with E-state index in [1.165, 1.54) is 30.1 Å². The van der Waals surface area contributed by atoms with Gasteiger partial charge in [-0.1, -0.05) is 31.7 Å². The van der Waals surface area contributed by atoms with Crippen molar-refractivity contribution in [2.75, 3.05) is 26.1 Å². The van der Waals surface area contributed by atoms with Crippen molar-refractivity contribution in [1.82, 2.24) is 20.0 Å². The van der Waals surface area contributed by atoms with E-state index in [9.17, 15) is 27.6 Å². The predicted molar refractivity (Wildman–Crippen MR) is 144 cm³/mol. The van der Waals surface area contributed by atoms with Gasteiger partial charge in [-0.25, -0.2) is 17.6 Å². The number of hydrogen-bond donors (Lipinski definition) is 2. The number of aryl methyl sites for hydroxylation is 1. The molecule has 0 spiro atoms. The number of anilines is 1. The molecule has 1 saturated carbocycles. The molecule has 1 aliphatic carbocycles. The summed E-state index contributed by atoms with van der Waals surface area (Å²) in [4.78, 5) is 39.6. The Kier molecular flexibility index (Phi) is 11.7. The maximum absolute atomic E-state index is 15.2. The molecule has 2 aromatic rings. The molecule has 3 atom stereocenters. The number of amides is 3. The van der Waals surface area contributed by atoms with Crippen LogP contribution in [-0.2, 0) is 20.9 Å². The van der Waals surface area contributed by atoms with Crippen molar-refractivity contribution in [3.8, 4) is 0 Å². The third-order valence-corrected chi connectivity index (χ3v) is 7.40. The highest BCUT2D eigenvalue weighted by atomic mass is 19.3. The quantitative estimate of drug-likeness (QED) is 0.218. The number of ether oxygens (including phenoxy) is 1. The van der Waals surface area contributed by atoms with Crippen molar-refractivity contribution >= 4 is 23.4 Å². The van der Waals surface area contributed by atoms with Crippen molar-refractivity contribution in [3.05, 3.63) is 47.5 Å². The van der Waals surface area contributed by atoms with Gasteiger partial charge in [0.1, 0.15) is 17.6 Å². The molecule has 226 valence electrons. The fourth-order valence-corrected chi connectivity index (χ4v) is 5.11. The van der Waals surface area contributed by atoms with Crippen LogP contribution in [0.1, 0.15) is 67.4 Å². The minimum atomic E-state index is -3.41. The van der Waals surface area contributed by atoms with Gasteiger partial charge in [0, 0.05) is 26.9 Å². The molecule has 2 N–H and O–H groups in total. The number of alkyl halides is 3. The van der Waals surface area contributed by atoms with E-state index in [4.69, 9.17) is 4.74 Å². The molecule has 1 heterocycles. The Balaban J connectivity index is 1.83. The van der Waals surface area contributed by atoms with Gasteiger partial charge in [-0.05, 0) is 49.4 Å². The first kappa shape index (κ1) is 32.0. The topological polar surface area (TPSA) is 106 Å². The van der Waals surface area contributed by atoms with Crippen LogP contribution < -0.4 is 10.6 Å². The molecule has 1 aliphatic rings. The van der Waals surface area contributed by atoms with E-state index in [0.29, 0.717) is 12.2 Å². The number of benzene rings is 1. The van der Waals surface area contributed by atoms with Gasteiger partial charge < -0.3 is 20.3 Å². The van der Waals surface area contributed by atoms with Crippen molar-refractivity contribution in [2.45, 2.75) is 76.7 Å². The number of nitrogens with zero attached hydrogens (tertiary/aromatic N) is 3. The van der Waals surface area contributed by atoms with Gasteiger partial charge in [-0.3, -0.25) is 19.1 Å². The number of aromatic nitrogens is 2. The summed E-state index contributed by atoms with van der Waals surface area (Å²) < 4.78 is 61.2. The van der Waals surface area contributed by atoms with Gasteiger partial charge in [0.15, 0.2) is 0 Å². The minimum absolute atomic E-state index is 0.0575. The molecule has 1 aromatic carbocycles. The van der Waals surface area contributed by atoms with Crippen molar-refractivity contribution in [2.24, 2.45) is 5.92 Å². The normalized spacial score (nSPS) is 16.5. The fraction of sp³-hybridized carbons (Fsp3) is 0.571. The Labute approximate surface area is 236 Å². The fourth-order valence-electron chi connectivity index (χ4n) is 5.11. The lowest BCUT2D eigenvalue weighted by Crippen LogP contribution is -2.49. The maximum Gasteiger partial charge on any atom is 0.287 e. The van der Waals surface area contributed by atoms with Gasteiger partial charge in [0.05, 0.1) is 18.2 Å². The van der Waals surface area contributed by atoms with Gasteiger partial charge in [0.25, 0.3) is 12.3 Å². The smallest absolute Gasteiger partial charge is 0.287 e. The number of carbonyl (C=O) groups excluding carboxylic acids is 3. The van der Waals surface area contributed by atoms with Crippen LogP contribution in [0.5, 0.6) is 0 Å². The summed E-state index contributed by atoms with van der Waals surface area (Å²) in [6, 6.07) is 4.16. The van der Waals surface area contributed by atoms with Crippen LogP contribution in [0.25, 0.3) is 0 Å². The third kappa shape index (κ3) is 8.05. The first-order valence-corrected chi connectivity index (χ1v) is 13.7. The van der Waals surface area contributed by atoms with E-state index in [2.05, 4.69) is 15.7 Å². The second-order valence-electron chi connectivity index (χ2n) is 10.1. The van der Waals surface area contributed by atoms with Crippen LogP contribution in [0.3, 0.4) is 0 Å². The molecule has 0 aliphatic heterocycles. The average molecular weight is 584 g/mol. The van der Waals surface area contributed by atoms with E-state index in [0.717, 1.165) is 51.6 Å². The van der Waals surface area contributed by atoms with Crippen LogP contribution >= 0.6 is 0 Å². The summed E-state index contributed by atoms with van der Waals surface area (Å²) in [5.41, 5.74) is 0.163. The van der Waals surface area contributed by atoms with E-state index in [1.54, 1.807) is 6.07 Å². The summed E-state index contributed by atoms with van der Waals surface area (Å²) in [7, 11) is 2.16. The molecule has 1 aromatic heterocycles. The second-order valence-corrected chi connectivity index (χ2v) is 10.1. The molecule has 3 rings (SSSR count). The van der Waals surface area contributed by atoms with Gasteiger partial charge in [-0.2, -0.15) is 5.10 Å². The zero-order chi connectivity index (χ0) is 30.1. The summed E-state index contributed by atoms with van der Waals surface area (Å²) in [6.45, 7) is 1.99. The van der Waals surface area contributed by atoms with Gasteiger partial charge in [-0.15, -0.1) is 0 Å². The lowest BCUT2D eigenvalue weighted by atomic mass is 9.90. The van der Waals surface area contributed by atoms with Crippen LogP contribution in [0.2, 0.25) is 0 Å². The lowest BCUT2D eigenvalue weighted by Gasteiger charge is -2.27. The van der Waals surface area contributed by atoms with Crippen molar-refractivity contribution in [3.63, 3.8) is 0 Å². The molecule has 3 amide bonds. The van der Waals surface area contributed by atoms with Gasteiger partial charge in [0.2, 0.25) is 18.1 Å². The molecule has 13 heteroatoms. The highest BCUT2D eigenvalue weighted by Crippen LogP contribution is 2.29. The SMILES string of the molecule is CCn1nccc1C(=O)N[C@H](C(=O)Nc1ccc(C(COC)C(=O)N(C)C(F)C(F)F)cc1F)C1CCCCCC1. The highest BCUT2D eigenvalue weighted by Gasteiger charge is 2.34. The molecule has 9 nitrogen and oxygen atoms in total. The Morgan fingerprint density at radius 1 is 1.12 bits per heavy atom. The molecule has 0 radical (unpaired) electrons. The zero-order valence-corrected chi connectivity index (χ0v) is 23.4. The largest absolute Gasteiger partial charge is 0.384 e. The molecule has 2 unspecified atom stereocenters. The van der Waals surface area contributed by atoms with E-state index >= 15 is 4.39 Å². The molecular weight excluding hydrogens is 546 g/mol. The number of rotatable bonds is 12. The van der Waals surface area contributed by atoms with Crippen LogP contribution in [-0.4, -0.2) is 71.9 Å². The standard InChI is InChI=1S/C28H37F4N5O4/c1-4-37-22(13-14-33-37)26(38)35-23(17-9-7-5-6-8-10-17)27(39)34-21-12-11-18(15-20(21)29)19(16-41-3)28(40)36(2)25(32)24(30)31/h11-15,17,19,23-25H,4-10,16H2,1-3H3,(H,34,39)(H,35,38)/t19?,23-,25?/m0/s1. The average Bonchev–Trinajstić information content (AvgIpc) is 3.28. The van der Waals surface area contributed by atoms with Crippen LogP contribution in [0, 0.1) is 11.7 Å². The summed E-state index contributed by atoms with van der Waals surface area (Å²) in [5, 5.41) is 9.48. The van der Waals surface area contributed by atoms with Gasteiger partial charge >= 0.3 is 0 Å². The second kappa shape index (κ2) is 14.9. The Morgan fingerprint density at radius 3 is 2.39 bits per heavy atom. The Morgan fingerprint density at radius 2 is 1.80 bits per heavy atom. The van der Waals surface area contributed by atoms with Crippen molar-refractivity contribution in [1.29, 1.82) is 0 Å². The van der Waals surface area contributed by atoms with Crippen LogP contribution in [0.4, 0.5) is 23.2 Å². The number of hydrogen-bond acceptors (Lipinski definition) is 5. The van der Waals surface area contributed by atoms with E-state index < -0.39 is 48.2 Å². The molecule has 1 fully saturated rings. The Bertz CT molecular complexity index is 1190. The molecule has 0 saturated heterocycles. The molecule has 41 heavy (non-hydrogen) atoms. The number of halogens is 4. The number of nitrogens with one attached hydrogen (secondary N) is 2. The lowest BCUT2D eigenvalue weighted by molar-refractivity contribution is -0.144. The third-order valence-electron chi connectivity index (χ3n) is 7.40. The number of carbonyl (C=O) groups is 3. The maximum atomic E-state index is 15.2. The summed E-state index contributed by atoms with van der Waals surface area (Å²) in [5.74, 6) is -4.40. The Hall–Kier alpha value is -3.48. The minimum Gasteiger partial charge on any atom is -0.384 e. The number of likely N-dealkylation sites (N-methyl/N-ethyl adjacent to an activating group) is 1. The van der Waals surface area contributed by atoms with E-state index in [-0.39, 0.29) is 28.7 Å². The predicted octanol–water partition coefficient (Wildman–Crippen LogP) is 4.50. The summed E-state index contributed by atoms with van der Waals surface area (Å²) in [6.07, 6.45) is 0.525. The number of methoxy groups -OCH3 is 1. The van der Waals surface area contributed by atoms with E-state index in [1.807, 2.05) is 6.92 Å². The summed E-state index contributed by atoms with van der Waals surface area (Å²) >= 11 is 0. The molecular formula is C28H37F4N5O4. The first-order valence-electron chi connectivity index (χ1n) is 13.7. The van der Waals surface area contributed by atoms with Crippen LogP contribution in [0.15, 0.2) is 30.5 Å². The molecule has 0 bridgehead atoms. The first-order chi connectivity index (χ1) is 19.6. The zero-order valence-electron chi connectivity index (χ0n) is 23.4. The highest BCUT2D eigenvalue weighted by molar-refractivity contribution is 6.00. The van der Waals surface area contributed by atoms with Crippen molar-refractivity contribution < 1.29 is 36.7 Å².